The van der Waals surface area contributed by atoms with Crippen LogP contribution in [0, 0.1) is 5.82 Å². The molecule has 1 fully saturated rings. The predicted molar refractivity (Wildman–Crippen MR) is 84.7 cm³/mol. The maximum atomic E-state index is 13.6. The number of pyridine rings is 1. The van der Waals surface area contributed by atoms with E-state index in [-0.39, 0.29) is 5.69 Å². The van der Waals surface area contributed by atoms with Crippen LogP contribution < -0.4 is 10.2 Å². The highest BCUT2D eigenvalue weighted by Crippen LogP contribution is 2.20. The number of carbonyl (C=O) groups excluding carboxylic acids is 1. The Kier molecular flexibility index (Phi) is 4.32. The van der Waals surface area contributed by atoms with Crippen molar-refractivity contribution < 1.29 is 9.18 Å². The molecule has 0 spiro atoms. The van der Waals surface area contributed by atoms with Crippen LogP contribution in [0.25, 0.3) is 0 Å². The number of aromatic nitrogens is 1. The third kappa shape index (κ3) is 3.24. The molecule has 1 N–H and O–H groups in total. The highest BCUT2D eigenvalue weighted by atomic mass is 19.1. The molecule has 0 bridgehead atoms. The summed E-state index contributed by atoms with van der Waals surface area (Å²) < 4.78 is 13.6. The van der Waals surface area contributed by atoms with E-state index in [0.717, 1.165) is 18.8 Å². The Balaban J connectivity index is 1.76. The van der Waals surface area contributed by atoms with E-state index >= 15 is 0 Å². The lowest BCUT2D eigenvalue weighted by Gasteiger charge is -2.28. The molecule has 1 aromatic carbocycles. The van der Waals surface area contributed by atoms with Crippen molar-refractivity contribution >= 4 is 17.3 Å². The van der Waals surface area contributed by atoms with Gasteiger partial charge < -0.3 is 10.2 Å². The topological polar surface area (TPSA) is 45.2 Å². The molecule has 1 aliphatic heterocycles. The van der Waals surface area contributed by atoms with Crippen LogP contribution in [0.4, 0.5) is 15.8 Å². The summed E-state index contributed by atoms with van der Waals surface area (Å²) in [5.41, 5.74) is 1.46. The molecule has 2 aromatic rings. The van der Waals surface area contributed by atoms with Crippen molar-refractivity contribution in [3.63, 3.8) is 0 Å². The zero-order chi connectivity index (χ0) is 15.4. The van der Waals surface area contributed by atoms with Crippen molar-refractivity contribution in [1.82, 2.24) is 4.98 Å². The van der Waals surface area contributed by atoms with E-state index in [2.05, 4.69) is 15.2 Å². The van der Waals surface area contributed by atoms with Gasteiger partial charge in [-0.05, 0) is 43.5 Å². The highest BCUT2D eigenvalue weighted by molar-refractivity contribution is 6.03. The van der Waals surface area contributed by atoms with E-state index in [1.807, 2.05) is 6.07 Å². The van der Waals surface area contributed by atoms with Gasteiger partial charge in [-0.25, -0.2) is 4.39 Å². The molecule has 1 aliphatic rings. The summed E-state index contributed by atoms with van der Waals surface area (Å²) in [5.74, 6) is -0.855. The number of rotatable bonds is 3. The van der Waals surface area contributed by atoms with Gasteiger partial charge in [0, 0.05) is 25.0 Å². The first-order chi connectivity index (χ1) is 10.7. The molecule has 1 amide bonds. The average molecular weight is 299 g/mol. The lowest BCUT2D eigenvalue weighted by molar-refractivity contribution is 0.102. The van der Waals surface area contributed by atoms with Crippen LogP contribution in [0.2, 0.25) is 0 Å². The number of anilines is 2. The van der Waals surface area contributed by atoms with Crippen LogP contribution in [0.3, 0.4) is 0 Å². The fraction of sp³-hybridized carbons (Fsp3) is 0.294. The molecular weight excluding hydrogens is 281 g/mol. The number of hydrogen-bond donors (Lipinski definition) is 1. The number of nitrogens with one attached hydrogen (secondary N) is 1. The summed E-state index contributed by atoms with van der Waals surface area (Å²) in [6, 6.07) is 9.78. The number of para-hydroxylation sites is 1. The van der Waals surface area contributed by atoms with Gasteiger partial charge in [-0.1, -0.05) is 12.1 Å². The third-order valence-corrected chi connectivity index (χ3v) is 3.82. The monoisotopic (exact) mass is 299 g/mol. The summed E-state index contributed by atoms with van der Waals surface area (Å²) in [4.78, 5) is 18.6. The lowest BCUT2D eigenvalue weighted by atomic mass is 10.1. The van der Waals surface area contributed by atoms with Gasteiger partial charge in [0.2, 0.25) is 0 Å². The first-order valence-electron chi connectivity index (χ1n) is 7.51. The predicted octanol–water partition coefficient (Wildman–Crippen LogP) is 3.46. The molecule has 0 radical (unpaired) electrons. The van der Waals surface area contributed by atoms with Crippen molar-refractivity contribution in [2.75, 3.05) is 23.3 Å². The zero-order valence-corrected chi connectivity index (χ0v) is 12.3. The smallest absolute Gasteiger partial charge is 0.274 e. The molecule has 3 rings (SSSR count). The van der Waals surface area contributed by atoms with E-state index in [0.29, 0.717) is 5.69 Å². The Morgan fingerprint density at radius 2 is 1.91 bits per heavy atom. The number of nitrogens with zero attached hydrogens (tertiary/aromatic N) is 2. The number of benzene rings is 1. The first-order valence-corrected chi connectivity index (χ1v) is 7.51. The van der Waals surface area contributed by atoms with E-state index < -0.39 is 11.7 Å². The van der Waals surface area contributed by atoms with Crippen LogP contribution in [-0.4, -0.2) is 24.0 Å². The van der Waals surface area contributed by atoms with Crippen molar-refractivity contribution in [3.05, 3.63) is 54.1 Å². The van der Waals surface area contributed by atoms with Gasteiger partial charge in [0.25, 0.3) is 5.91 Å². The molecular formula is C17H18FN3O. The molecule has 1 saturated heterocycles. The van der Waals surface area contributed by atoms with Crippen molar-refractivity contribution in [1.29, 1.82) is 0 Å². The molecule has 0 atom stereocenters. The molecule has 0 unspecified atom stereocenters. The maximum Gasteiger partial charge on any atom is 0.274 e. The fourth-order valence-corrected chi connectivity index (χ4v) is 2.64. The van der Waals surface area contributed by atoms with Crippen LogP contribution in [-0.2, 0) is 0 Å². The van der Waals surface area contributed by atoms with E-state index in [1.54, 1.807) is 24.4 Å². The largest absolute Gasteiger partial charge is 0.371 e. The Bertz CT molecular complexity index is 668. The Morgan fingerprint density at radius 3 is 2.68 bits per heavy atom. The number of halogens is 1. The molecule has 114 valence electrons. The zero-order valence-electron chi connectivity index (χ0n) is 12.3. The molecule has 2 heterocycles. The summed E-state index contributed by atoms with van der Waals surface area (Å²) in [6.45, 7) is 2.00. The van der Waals surface area contributed by atoms with Gasteiger partial charge in [-0.15, -0.1) is 0 Å². The summed E-state index contributed by atoms with van der Waals surface area (Å²) in [7, 11) is 0. The normalized spacial score (nSPS) is 14.7. The van der Waals surface area contributed by atoms with Gasteiger partial charge >= 0.3 is 0 Å². The second-order valence-corrected chi connectivity index (χ2v) is 5.38. The van der Waals surface area contributed by atoms with E-state index in [1.165, 1.54) is 31.4 Å². The fourth-order valence-electron chi connectivity index (χ4n) is 2.64. The van der Waals surface area contributed by atoms with Gasteiger partial charge in [0.15, 0.2) is 0 Å². The minimum absolute atomic E-state index is 0.165. The SMILES string of the molecule is O=C(Nc1ccccc1F)c1cc(N2CCCCC2)ccn1. The quantitative estimate of drug-likeness (QED) is 0.944. The third-order valence-electron chi connectivity index (χ3n) is 3.82. The number of hydrogen-bond acceptors (Lipinski definition) is 3. The van der Waals surface area contributed by atoms with Crippen LogP contribution in [0.5, 0.6) is 0 Å². The molecule has 0 aliphatic carbocycles. The molecule has 4 nitrogen and oxygen atoms in total. The van der Waals surface area contributed by atoms with Gasteiger partial charge in [0.05, 0.1) is 5.69 Å². The maximum absolute atomic E-state index is 13.6. The van der Waals surface area contributed by atoms with Gasteiger partial charge in [-0.2, -0.15) is 0 Å². The Labute approximate surface area is 129 Å². The Hall–Kier alpha value is -2.43. The minimum atomic E-state index is -0.456. The highest BCUT2D eigenvalue weighted by Gasteiger charge is 2.15. The molecule has 0 saturated carbocycles. The summed E-state index contributed by atoms with van der Waals surface area (Å²) >= 11 is 0. The second kappa shape index (κ2) is 6.56. The van der Waals surface area contributed by atoms with Crippen molar-refractivity contribution in [2.24, 2.45) is 0 Å². The lowest BCUT2D eigenvalue weighted by Crippen LogP contribution is -2.29. The van der Waals surface area contributed by atoms with E-state index in [9.17, 15) is 9.18 Å². The number of piperidine rings is 1. The Morgan fingerprint density at radius 1 is 1.14 bits per heavy atom. The molecule has 22 heavy (non-hydrogen) atoms. The molecule has 5 heteroatoms. The standard InChI is InChI=1S/C17H18FN3O/c18-14-6-2-3-7-15(14)20-17(22)16-12-13(8-9-19-16)21-10-4-1-5-11-21/h2-3,6-9,12H,1,4-5,10-11H2,(H,20,22). The van der Waals surface area contributed by atoms with Crippen LogP contribution in [0.15, 0.2) is 42.6 Å². The van der Waals surface area contributed by atoms with Crippen molar-refractivity contribution in [3.8, 4) is 0 Å². The van der Waals surface area contributed by atoms with Crippen molar-refractivity contribution in [2.45, 2.75) is 19.3 Å². The first kappa shape index (κ1) is 14.5. The van der Waals surface area contributed by atoms with Gasteiger partial charge in [-0.3, -0.25) is 9.78 Å². The van der Waals surface area contributed by atoms with Crippen LogP contribution in [0.1, 0.15) is 29.8 Å². The van der Waals surface area contributed by atoms with E-state index in [4.69, 9.17) is 0 Å². The van der Waals surface area contributed by atoms with Gasteiger partial charge in [0.1, 0.15) is 11.5 Å². The number of carbonyl (C=O) groups is 1. The second-order valence-electron chi connectivity index (χ2n) is 5.38. The molecule has 1 aromatic heterocycles. The minimum Gasteiger partial charge on any atom is -0.371 e. The number of amides is 1. The summed E-state index contributed by atoms with van der Waals surface area (Å²) in [6.07, 6.45) is 5.21. The average Bonchev–Trinajstić information content (AvgIpc) is 2.58. The summed E-state index contributed by atoms with van der Waals surface area (Å²) in [5, 5.41) is 2.56. The van der Waals surface area contributed by atoms with Crippen LogP contribution >= 0.6 is 0 Å².